The molecule has 2 aromatic carbocycles. The number of carbonyl (C=O) groups is 1. The summed E-state index contributed by atoms with van der Waals surface area (Å²) in [6.45, 7) is 11.7. The maximum Gasteiger partial charge on any atom is 0.314 e. The number of carboxylic acids is 1. The number of rotatable bonds is 9. The van der Waals surface area contributed by atoms with Gasteiger partial charge in [-0.15, -0.1) is 0 Å². The molecule has 0 aliphatic heterocycles. The van der Waals surface area contributed by atoms with Crippen LogP contribution >= 0.6 is 0 Å². The van der Waals surface area contributed by atoms with Crippen LogP contribution in [-0.2, 0) is 10.2 Å². The fraction of sp³-hybridized carbons (Fsp3) is 0.500. The molecule has 0 bridgehead atoms. The average Bonchev–Trinajstić information content (AvgIpc) is 2.61. The summed E-state index contributed by atoms with van der Waals surface area (Å²) in [7, 11) is 0. The topological polar surface area (TPSA) is 41.7 Å². The predicted octanol–water partition coefficient (Wildman–Crippen LogP) is 0.527. The highest BCUT2D eigenvalue weighted by Gasteiger charge is 2.44. The molecule has 3 nitrogen and oxygen atoms in total. The number of hydrogen-bond donors (Lipinski definition) is 2. The fourth-order valence-electron chi connectivity index (χ4n) is 4.04. The third kappa shape index (κ3) is 4.39. The van der Waals surface area contributed by atoms with E-state index >= 15 is 0 Å². The van der Waals surface area contributed by atoms with E-state index in [9.17, 15) is 9.90 Å². The number of fused-ring (bicyclic) bond motifs is 1. The molecule has 0 saturated heterocycles. The van der Waals surface area contributed by atoms with Crippen LogP contribution in [0.15, 0.2) is 42.5 Å². The van der Waals surface area contributed by atoms with Crippen molar-refractivity contribution in [1.29, 1.82) is 0 Å². The molecule has 0 spiro atoms. The van der Waals surface area contributed by atoms with Crippen molar-refractivity contribution < 1.29 is 27.2 Å². The van der Waals surface area contributed by atoms with Crippen LogP contribution in [0.2, 0.25) is 0 Å². The van der Waals surface area contributed by atoms with Gasteiger partial charge in [-0.1, -0.05) is 56.3 Å². The second kappa shape index (κ2) is 9.94. The highest BCUT2D eigenvalue weighted by atomic mass is 35.5. The Kier molecular flexibility index (Phi) is 8.58. The van der Waals surface area contributed by atoms with E-state index in [4.69, 9.17) is 0 Å². The van der Waals surface area contributed by atoms with Gasteiger partial charge in [-0.2, -0.15) is 0 Å². The molecule has 0 aliphatic carbocycles. The lowest BCUT2D eigenvalue weighted by molar-refractivity contribution is -0.896. The SMILES string of the molecule is CC[NH+](CC)CCCC(C(=O)O)(c1cccc2ccccc12)C(C)C.[Cl-]. The second-order valence-corrected chi connectivity index (χ2v) is 7.27. The van der Waals surface area contributed by atoms with Gasteiger partial charge >= 0.3 is 5.97 Å². The van der Waals surface area contributed by atoms with Crippen molar-refractivity contribution in [3.8, 4) is 0 Å². The zero-order valence-corrected chi connectivity index (χ0v) is 17.1. The molecule has 2 rings (SSSR count). The first-order chi connectivity index (χ1) is 12.0. The highest BCUT2D eigenvalue weighted by molar-refractivity contribution is 5.93. The first kappa shape index (κ1) is 22.5. The third-order valence-corrected chi connectivity index (χ3v) is 5.74. The summed E-state index contributed by atoms with van der Waals surface area (Å²) >= 11 is 0. The van der Waals surface area contributed by atoms with Gasteiger partial charge in [-0.3, -0.25) is 4.79 Å². The molecule has 0 radical (unpaired) electrons. The van der Waals surface area contributed by atoms with Crippen molar-refractivity contribution in [2.24, 2.45) is 5.92 Å². The van der Waals surface area contributed by atoms with Crippen molar-refractivity contribution in [2.75, 3.05) is 19.6 Å². The van der Waals surface area contributed by atoms with Crippen molar-refractivity contribution in [2.45, 2.75) is 46.0 Å². The van der Waals surface area contributed by atoms with Crippen LogP contribution in [0.4, 0.5) is 0 Å². The van der Waals surface area contributed by atoms with E-state index < -0.39 is 11.4 Å². The summed E-state index contributed by atoms with van der Waals surface area (Å²) < 4.78 is 0. The first-order valence-electron chi connectivity index (χ1n) is 9.52. The summed E-state index contributed by atoms with van der Waals surface area (Å²) in [4.78, 5) is 14.0. The zero-order valence-electron chi connectivity index (χ0n) is 16.4. The van der Waals surface area contributed by atoms with Crippen LogP contribution in [0.25, 0.3) is 10.8 Å². The highest BCUT2D eigenvalue weighted by Crippen LogP contribution is 2.40. The van der Waals surface area contributed by atoms with E-state index in [1.54, 1.807) is 0 Å². The van der Waals surface area contributed by atoms with Gasteiger partial charge in [-0.05, 0) is 48.9 Å². The maximum absolute atomic E-state index is 12.5. The Bertz CT molecular complexity index is 707. The summed E-state index contributed by atoms with van der Waals surface area (Å²) in [5.74, 6) is -0.670. The lowest BCUT2D eigenvalue weighted by atomic mass is 9.67. The van der Waals surface area contributed by atoms with Crippen molar-refractivity contribution in [1.82, 2.24) is 0 Å². The van der Waals surface area contributed by atoms with Gasteiger partial charge < -0.3 is 22.4 Å². The lowest BCUT2D eigenvalue weighted by Crippen LogP contribution is -3.11. The Balaban J connectivity index is 0.00000338. The van der Waals surface area contributed by atoms with E-state index in [2.05, 4.69) is 32.0 Å². The number of benzene rings is 2. The molecule has 144 valence electrons. The normalized spacial score (nSPS) is 13.6. The molecule has 0 heterocycles. The number of hydrogen-bond acceptors (Lipinski definition) is 1. The summed E-state index contributed by atoms with van der Waals surface area (Å²) in [6, 6.07) is 14.2. The van der Waals surface area contributed by atoms with Gasteiger partial charge in [0, 0.05) is 0 Å². The van der Waals surface area contributed by atoms with Crippen LogP contribution in [0, 0.1) is 5.92 Å². The molecule has 1 unspecified atom stereocenters. The first-order valence-corrected chi connectivity index (χ1v) is 9.52. The molecular weight excluding hydrogens is 346 g/mol. The Morgan fingerprint density at radius 3 is 2.27 bits per heavy atom. The van der Waals surface area contributed by atoms with Crippen molar-refractivity contribution >= 4 is 16.7 Å². The van der Waals surface area contributed by atoms with Crippen molar-refractivity contribution in [3.63, 3.8) is 0 Å². The molecule has 2 aromatic rings. The van der Waals surface area contributed by atoms with Gasteiger partial charge in [0.15, 0.2) is 0 Å². The quantitative estimate of drug-likeness (QED) is 0.669. The fourth-order valence-corrected chi connectivity index (χ4v) is 4.04. The number of aliphatic carboxylic acids is 1. The van der Waals surface area contributed by atoms with Crippen LogP contribution in [0.3, 0.4) is 0 Å². The van der Waals surface area contributed by atoms with E-state index in [1.165, 1.54) is 4.90 Å². The van der Waals surface area contributed by atoms with E-state index in [1.807, 2.05) is 38.1 Å². The Morgan fingerprint density at radius 2 is 1.69 bits per heavy atom. The second-order valence-electron chi connectivity index (χ2n) is 7.27. The van der Waals surface area contributed by atoms with Crippen LogP contribution in [0.1, 0.15) is 46.1 Å². The third-order valence-electron chi connectivity index (χ3n) is 5.74. The molecule has 4 heteroatoms. The zero-order chi connectivity index (χ0) is 18.4. The van der Waals surface area contributed by atoms with E-state index in [0.29, 0.717) is 6.42 Å². The van der Waals surface area contributed by atoms with Crippen molar-refractivity contribution in [3.05, 3.63) is 48.0 Å². The van der Waals surface area contributed by atoms with E-state index in [-0.39, 0.29) is 18.3 Å². The molecule has 26 heavy (non-hydrogen) atoms. The van der Waals surface area contributed by atoms with Gasteiger partial charge in [0.25, 0.3) is 0 Å². The molecular formula is C22H32ClNO2. The lowest BCUT2D eigenvalue weighted by Gasteiger charge is -2.35. The van der Waals surface area contributed by atoms with Crippen LogP contribution in [0.5, 0.6) is 0 Å². The minimum absolute atomic E-state index is 0. The number of carboxylic acid groups (broad SMARTS) is 1. The van der Waals surface area contributed by atoms with Gasteiger partial charge in [-0.25, -0.2) is 0 Å². The Morgan fingerprint density at radius 1 is 1.08 bits per heavy atom. The number of nitrogens with one attached hydrogen (secondary N) is 1. The minimum atomic E-state index is -0.840. The Hall–Kier alpha value is -1.58. The minimum Gasteiger partial charge on any atom is -1.00 e. The standard InChI is InChI=1S/C22H31NO2.ClH/c1-5-23(6-2)16-10-15-22(17(3)4,21(24)25)20-14-9-12-18-11-7-8-13-19(18)20;/h7-9,11-14,17H,5-6,10,15-16H2,1-4H3,(H,24,25);1H. The smallest absolute Gasteiger partial charge is 0.314 e. The van der Waals surface area contributed by atoms with Crippen LogP contribution < -0.4 is 17.3 Å². The molecule has 0 saturated carbocycles. The molecule has 0 aliphatic rings. The van der Waals surface area contributed by atoms with Gasteiger partial charge in [0.05, 0.1) is 25.0 Å². The van der Waals surface area contributed by atoms with Gasteiger partial charge in [0.2, 0.25) is 0 Å². The maximum atomic E-state index is 12.5. The molecule has 2 N–H and O–H groups in total. The molecule has 0 fully saturated rings. The monoisotopic (exact) mass is 377 g/mol. The van der Waals surface area contributed by atoms with Crippen LogP contribution in [-0.4, -0.2) is 30.7 Å². The molecule has 0 amide bonds. The largest absolute Gasteiger partial charge is 1.00 e. The molecule has 0 aromatic heterocycles. The summed E-state index contributed by atoms with van der Waals surface area (Å²) in [6.07, 6.45) is 1.60. The average molecular weight is 378 g/mol. The number of halogens is 1. The predicted molar refractivity (Wildman–Crippen MR) is 104 cm³/mol. The summed E-state index contributed by atoms with van der Waals surface area (Å²) in [5.41, 5.74) is 0.121. The Labute approximate surface area is 163 Å². The summed E-state index contributed by atoms with van der Waals surface area (Å²) in [5, 5.41) is 12.5. The number of quaternary nitrogens is 1. The molecule has 1 atom stereocenters. The van der Waals surface area contributed by atoms with E-state index in [0.717, 1.165) is 42.4 Å². The van der Waals surface area contributed by atoms with Gasteiger partial charge in [0.1, 0.15) is 0 Å².